The van der Waals surface area contributed by atoms with E-state index < -0.39 is 10.0 Å². The molecule has 0 amide bonds. The van der Waals surface area contributed by atoms with E-state index >= 15 is 0 Å². The largest absolute Gasteiger partial charge is 0.295 e. The molecule has 0 aliphatic carbocycles. The fourth-order valence-electron chi connectivity index (χ4n) is 2.66. The summed E-state index contributed by atoms with van der Waals surface area (Å²) < 4.78 is 26.5. The average molecular weight is 355 g/mol. The van der Waals surface area contributed by atoms with E-state index in [1.165, 1.54) is 23.4 Å². The summed E-state index contributed by atoms with van der Waals surface area (Å²) in [6.45, 7) is 1.68. The molecule has 1 aliphatic rings. The van der Waals surface area contributed by atoms with Gasteiger partial charge >= 0.3 is 0 Å². The van der Waals surface area contributed by atoms with E-state index in [0.29, 0.717) is 16.7 Å². The van der Waals surface area contributed by atoms with E-state index in [1.54, 1.807) is 48.5 Å². The van der Waals surface area contributed by atoms with Gasteiger partial charge in [0, 0.05) is 29.8 Å². The van der Waals surface area contributed by atoms with E-state index in [1.807, 2.05) is 0 Å². The molecule has 25 heavy (non-hydrogen) atoms. The Bertz CT molecular complexity index is 945. The number of sulfonamides is 1. The lowest BCUT2D eigenvalue weighted by Gasteiger charge is -2.16. The molecule has 1 heterocycles. The molecule has 0 unspecified atom stereocenters. The van der Waals surface area contributed by atoms with Gasteiger partial charge in [-0.05, 0) is 19.1 Å². The smallest absolute Gasteiger partial charge is 0.243 e. The van der Waals surface area contributed by atoms with Crippen molar-refractivity contribution in [1.29, 1.82) is 0 Å². The van der Waals surface area contributed by atoms with Crippen LogP contribution in [0.4, 0.5) is 0 Å². The lowest BCUT2D eigenvalue weighted by atomic mass is 10.0. The molecule has 0 atom stereocenters. The average Bonchev–Trinajstić information content (AvgIpc) is 3.13. The molecule has 0 aromatic heterocycles. The van der Waals surface area contributed by atoms with Crippen LogP contribution < -0.4 is 0 Å². The molecule has 0 radical (unpaired) electrons. The van der Waals surface area contributed by atoms with Gasteiger partial charge in [-0.25, -0.2) is 8.42 Å². The normalized spacial score (nSPS) is 15.0. The summed E-state index contributed by atoms with van der Waals surface area (Å²) in [7, 11) is -3.62. The van der Waals surface area contributed by atoms with Crippen LogP contribution in [0.25, 0.3) is 0 Å². The number of benzene rings is 2. The highest BCUT2D eigenvalue weighted by Gasteiger charge is 2.30. The maximum atomic E-state index is 12.6. The Labute approximate surface area is 146 Å². The predicted molar refractivity (Wildman–Crippen MR) is 94.1 cm³/mol. The molecule has 0 bridgehead atoms. The molecule has 0 N–H and O–H groups in total. The maximum absolute atomic E-state index is 12.6. The van der Waals surface area contributed by atoms with Gasteiger partial charge in [-0.1, -0.05) is 48.5 Å². The number of carbonyl (C=O) groups excluding carboxylic acids is 2. The van der Waals surface area contributed by atoms with Crippen molar-refractivity contribution in [2.24, 2.45) is 0 Å². The Morgan fingerprint density at radius 1 is 0.920 bits per heavy atom. The first kappa shape index (κ1) is 17.3. The molecule has 0 saturated heterocycles. The zero-order chi connectivity index (χ0) is 18.0. The van der Waals surface area contributed by atoms with E-state index in [9.17, 15) is 18.0 Å². The van der Waals surface area contributed by atoms with Crippen molar-refractivity contribution in [1.82, 2.24) is 4.31 Å². The summed E-state index contributed by atoms with van der Waals surface area (Å²) in [6.07, 6.45) is 1.64. The summed E-state index contributed by atoms with van der Waals surface area (Å²) in [4.78, 5) is 24.1. The Morgan fingerprint density at radius 3 is 2.12 bits per heavy atom. The standard InChI is InChI=1S/C19H17NO4S/c1-14(21)15-7-9-16(10-8-15)19(22)17-11-12-20(13-17)25(23,24)18-5-3-2-4-6-18/h2-11H,12-13H2,1H3. The lowest BCUT2D eigenvalue weighted by molar-refractivity contribution is 0.101. The predicted octanol–water partition coefficient (Wildman–Crippen LogP) is 2.70. The molecule has 0 saturated carbocycles. The minimum absolute atomic E-state index is 0.0462. The van der Waals surface area contributed by atoms with Crippen LogP contribution in [0.2, 0.25) is 0 Å². The van der Waals surface area contributed by atoms with Gasteiger partial charge in [-0.2, -0.15) is 4.31 Å². The molecule has 128 valence electrons. The van der Waals surface area contributed by atoms with Gasteiger partial charge < -0.3 is 0 Å². The molecule has 2 aromatic carbocycles. The molecule has 0 fully saturated rings. The maximum Gasteiger partial charge on any atom is 0.243 e. The summed E-state index contributed by atoms with van der Waals surface area (Å²) >= 11 is 0. The van der Waals surface area contributed by atoms with Gasteiger partial charge in [-0.15, -0.1) is 0 Å². The third-order valence-corrected chi connectivity index (χ3v) is 5.94. The summed E-state index contributed by atoms with van der Waals surface area (Å²) in [5.41, 5.74) is 1.41. The summed E-state index contributed by atoms with van der Waals surface area (Å²) in [5.74, 6) is -0.292. The van der Waals surface area contributed by atoms with Crippen molar-refractivity contribution >= 4 is 21.6 Å². The quantitative estimate of drug-likeness (QED) is 0.773. The van der Waals surface area contributed by atoms with Crippen LogP contribution in [0.15, 0.2) is 71.1 Å². The first-order chi connectivity index (χ1) is 11.9. The van der Waals surface area contributed by atoms with Gasteiger partial charge in [0.15, 0.2) is 11.6 Å². The van der Waals surface area contributed by atoms with Crippen LogP contribution in [-0.4, -0.2) is 37.4 Å². The first-order valence-electron chi connectivity index (χ1n) is 7.79. The molecule has 0 spiro atoms. The monoisotopic (exact) mass is 355 g/mol. The highest BCUT2D eigenvalue weighted by molar-refractivity contribution is 7.89. The van der Waals surface area contributed by atoms with Crippen LogP contribution in [0.3, 0.4) is 0 Å². The van der Waals surface area contributed by atoms with Gasteiger partial charge in [0.05, 0.1) is 4.90 Å². The Balaban J connectivity index is 1.76. The molecular formula is C19H17NO4S. The number of Topliss-reactive ketones (excluding diaryl/α,β-unsaturated/α-hetero) is 2. The van der Waals surface area contributed by atoms with Crippen molar-refractivity contribution in [3.8, 4) is 0 Å². The third-order valence-electron chi connectivity index (χ3n) is 4.11. The van der Waals surface area contributed by atoms with Crippen LogP contribution in [-0.2, 0) is 10.0 Å². The molecule has 2 aromatic rings. The number of rotatable bonds is 5. The van der Waals surface area contributed by atoms with Gasteiger partial charge in [0.25, 0.3) is 0 Å². The van der Waals surface area contributed by atoms with E-state index in [4.69, 9.17) is 0 Å². The lowest BCUT2D eigenvalue weighted by Crippen LogP contribution is -2.29. The van der Waals surface area contributed by atoms with Crippen molar-refractivity contribution < 1.29 is 18.0 Å². The SMILES string of the molecule is CC(=O)c1ccc(C(=O)C2=CCN(S(=O)(=O)c3ccccc3)C2)cc1. The second-order valence-corrected chi connectivity index (χ2v) is 7.74. The van der Waals surface area contributed by atoms with Gasteiger partial charge in [-0.3, -0.25) is 9.59 Å². The highest BCUT2D eigenvalue weighted by atomic mass is 32.2. The topological polar surface area (TPSA) is 71.5 Å². The van der Waals surface area contributed by atoms with Crippen LogP contribution in [0.5, 0.6) is 0 Å². The van der Waals surface area contributed by atoms with Crippen molar-refractivity contribution in [3.05, 3.63) is 77.4 Å². The Hall–Kier alpha value is -2.57. The number of ketones is 2. The number of hydrogen-bond donors (Lipinski definition) is 0. The van der Waals surface area contributed by atoms with Gasteiger partial charge in [0.1, 0.15) is 0 Å². The minimum atomic E-state index is -3.62. The zero-order valence-electron chi connectivity index (χ0n) is 13.7. The van der Waals surface area contributed by atoms with Crippen LogP contribution >= 0.6 is 0 Å². The van der Waals surface area contributed by atoms with Gasteiger partial charge in [0.2, 0.25) is 10.0 Å². The second kappa shape index (κ2) is 6.74. The van der Waals surface area contributed by atoms with E-state index in [2.05, 4.69) is 0 Å². The number of hydrogen-bond acceptors (Lipinski definition) is 4. The van der Waals surface area contributed by atoms with Crippen molar-refractivity contribution in [2.75, 3.05) is 13.1 Å². The first-order valence-corrected chi connectivity index (χ1v) is 9.23. The molecule has 6 heteroatoms. The minimum Gasteiger partial charge on any atom is -0.295 e. The molecule has 5 nitrogen and oxygen atoms in total. The zero-order valence-corrected chi connectivity index (χ0v) is 14.5. The number of carbonyl (C=O) groups is 2. The van der Waals surface area contributed by atoms with Crippen LogP contribution in [0.1, 0.15) is 27.6 Å². The second-order valence-electron chi connectivity index (χ2n) is 5.80. The molecule has 3 rings (SSSR count). The summed E-state index contributed by atoms with van der Waals surface area (Å²) in [5, 5.41) is 0. The molecule has 1 aliphatic heterocycles. The Kier molecular flexibility index (Phi) is 4.65. The van der Waals surface area contributed by atoms with E-state index in [0.717, 1.165) is 0 Å². The summed E-state index contributed by atoms with van der Waals surface area (Å²) in [6, 6.07) is 14.5. The number of nitrogens with zero attached hydrogens (tertiary/aromatic N) is 1. The highest BCUT2D eigenvalue weighted by Crippen LogP contribution is 2.22. The molecular weight excluding hydrogens is 338 g/mol. The van der Waals surface area contributed by atoms with Crippen LogP contribution in [0, 0.1) is 0 Å². The van der Waals surface area contributed by atoms with Crippen molar-refractivity contribution in [3.63, 3.8) is 0 Å². The van der Waals surface area contributed by atoms with Crippen molar-refractivity contribution in [2.45, 2.75) is 11.8 Å². The van der Waals surface area contributed by atoms with E-state index in [-0.39, 0.29) is 29.6 Å². The third kappa shape index (κ3) is 3.45. The fourth-order valence-corrected chi connectivity index (χ4v) is 4.04. The fraction of sp³-hybridized carbons (Fsp3) is 0.158. The Morgan fingerprint density at radius 2 is 1.52 bits per heavy atom.